The predicted octanol–water partition coefficient (Wildman–Crippen LogP) is 1.51. The maximum atomic E-state index is 11.8. The number of likely N-dealkylation sites (tertiary alicyclic amines) is 1. The molecule has 0 radical (unpaired) electrons. The van der Waals surface area contributed by atoms with Gasteiger partial charge in [0.1, 0.15) is 0 Å². The third-order valence-corrected chi connectivity index (χ3v) is 4.12. The van der Waals surface area contributed by atoms with Gasteiger partial charge in [-0.1, -0.05) is 6.07 Å². The first-order chi connectivity index (χ1) is 7.27. The first-order valence-corrected chi connectivity index (χ1v) is 6.25. The maximum absolute atomic E-state index is 11.8. The van der Waals surface area contributed by atoms with Gasteiger partial charge < -0.3 is 10.6 Å². The third kappa shape index (κ3) is 1.48. The van der Waals surface area contributed by atoms with Gasteiger partial charge in [0.15, 0.2) is 0 Å². The molecule has 0 bridgehead atoms. The predicted molar refractivity (Wildman–Crippen MR) is 59.5 cm³/mol. The summed E-state index contributed by atoms with van der Waals surface area (Å²) in [5.41, 5.74) is 6.06. The highest BCUT2D eigenvalue weighted by atomic mass is 32.1. The van der Waals surface area contributed by atoms with E-state index in [0.29, 0.717) is 12.5 Å². The third-order valence-electron chi connectivity index (χ3n) is 3.18. The van der Waals surface area contributed by atoms with Crippen LogP contribution in [-0.4, -0.2) is 22.9 Å². The zero-order valence-electron chi connectivity index (χ0n) is 8.43. The molecule has 1 aromatic heterocycles. The summed E-state index contributed by atoms with van der Waals surface area (Å²) < 4.78 is 0. The molecule has 15 heavy (non-hydrogen) atoms. The number of carbonyl (C=O) groups is 1. The molecule has 2 N–H and O–H groups in total. The van der Waals surface area contributed by atoms with E-state index in [0.717, 1.165) is 12.8 Å². The van der Waals surface area contributed by atoms with Crippen LogP contribution in [0.3, 0.4) is 0 Å². The molecule has 2 aliphatic rings. The minimum atomic E-state index is -0.0169. The van der Waals surface area contributed by atoms with Crippen LogP contribution in [0.15, 0.2) is 17.5 Å². The van der Waals surface area contributed by atoms with Crippen molar-refractivity contribution in [2.45, 2.75) is 37.4 Å². The van der Waals surface area contributed by atoms with E-state index in [1.807, 2.05) is 11.0 Å². The van der Waals surface area contributed by atoms with Crippen molar-refractivity contribution in [2.75, 3.05) is 0 Å². The second-order valence-electron chi connectivity index (χ2n) is 4.36. The van der Waals surface area contributed by atoms with E-state index in [-0.39, 0.29) is 18.0 Å². The monoisotopic (exact) mass is 222 g/mol. The Morgan fingerprint density at radius 2 is 2.27 bits per heavy atom. The molecule has 0 aromatic carbocycles. The molecular weight excluding hydrogens is 208 g/mol. The summed E-state index contributed by atoms with van der Waals surface area (Å²) in [5, 5.41) is 2.05. The van der Waals surface area contributed by atoms with Crippen molar-refractivity contribution < 1.29 is 4.79 Å². The first kappa shape index (κ1) is 9.36. The summed E-state index contributed by atoms with van der Waals surface area (Å²) in [6, 6.07) is 4.71. The van der Waals surface area contributed by atoms with Crippen LogP contribution in [-0.2, 0) is 4.79 Å². The van der Waals surface area contributed by atoms with Crippen LogP contribution < -0.4 is 5.73 Å². The van der Waals surface area contributed by atoms with Gasteiger partial charge in [-0.25, -0.2) is 0 Å². The molecule has 2 unspecified atom stereocenters. The highest BCUT2D eigenvalue weighted by Crippen LogP contribution is 2.42. The summed E-state index contributed by atoms with van der Waals surface area (Å²) in [7, 11) is 0. The molecule has 1 saturated heterocycles. The van der Waals surface area contributed by atoms with Crippen LogP contribution >= 0.6 is 11.3 Å². The lowest BCUT2D eigenvalue weighted by Crippen LogP contribution is -2.34. The lowest BCUT2D eigenvalue weighted by Gasteiger charge is -2.25. The van der Waals surface area contributed by atoms with E-state index >= 15 is 0 Å². The normalized spacial score (nSPS) is 31.3. The van der Waals surface area contributed by atoms with E-state index in [9.17, 15) is 4.79 Å². The fraction of sp³-hybridized carbons (Fsp3) is 0.545. The highest BCUT2D eigenvalue weighted by Gasteiger charge is 2.46. The molecule has 3 nitrogen and oxygen atoms in total. The Labute approximate surface area is 92.9 Å². The topological polar surface area (TPSA) is 46.3 Å². The number of amides is 1. The van der Waals surface area contributed by atoms with Gasteiger partial charge in [0.2, 0.25) is 5.91 Å². The van der Waals surface area contributed by atoms with E-state index < -0.39 is 0 Å². The number of carbonyl (C=O) groups excluding carboxylic acids is 1. The van der Waals surface area contributed by atoms with Crippen LogP contribution in [0.25, 0.3) is 0 Å². The zero-order valence-corrected chi connectivity index (χ0v) is 9.24. The number of thiophene rings is 1. The quantitative estimate of drug-likeness (QED) is 0.824. The zero-order chi connectivity index (χ0) is 10.4. The average molecular weight is 222 g/mol. The van der Waals surface area contributed by atoms with Crippen molar-refractivity contribution in [1.29, 1.82) is 0 Å². The molecule has 1 aliphatic carbocycles. The Hall–Kier alpha value is -0.870. The van der Waals surface area contributed by atoms with Crippen LogP contribution in [0.5, 0.6) is 0 Å². The van der Waals surface area contributed by atoms with Gasteiger partial charge >= 0.3 is 0 Å². The summed E-state index contributed by atoms with van der Waals surface area (Å²) in [6.07, 6.45) is 2.82. The van der Waals surface area contributed by atoms with E-state index in [1.165, 1.54) is 4.88 Å². The van der Waals surface area contributed by atoms with Crippen LogP contribution in [0.1, 0.15) is 30.2 Å². The lowest BCUT2D eigenvalue weighted by atomic mass is 10.1. The van der Waals surface area contributed by atoms with Crippen molar-refractivity contribution in [3.05, 3.63) is 22.4 Å². The Balaban J connectivity index is 1.93. The molecule has 1 amide bonds. The molecule has 2 heterocycles. The van der Waals surface area contributed by atoms with E-state index in [2.05, 4.69) is 11.4 Å². The smallest absolute Gasteiger partial charge is 0.225 e. The van der Waals surface area contributed by atoms with Gasteiger partial charge in [0.05, 0.1) is 6.04 Å². The second kappa shape index (κ2) is 3.32. The van der Waals surface area contributed by atoms with Gasteiger partial charge in [0, 0.05) is 23.4 Å². The SMILES string of the molecule is NC1CC(=O)N(C2CC2)C1c1cccs1. The molecule has 1 aromatic rings. The minimum Gasteiger partial charge on any atom is -0.330 e. The first-order valence-electron chi connectivity index (χ1n) is 5.37. The molecule has 1 saturated carbocycles. The van der Waals surface area contributed by atoms with Gasteiger partial charge in [-0.3, -0.25) is 4.79 Å². The average Bonchev–Trinajstić information content (AvgIpc) is 2.79. The molecule has 2 atom stereocenters. The maximum Gasteiger partial charge on any atom is 0.225 e. The lowest BCUT2D eigenvalue weighted by molar-refractivity contribution is -0.129. The standard InChI is InChI=1S/C11H14N2OS/c12-8-6-10(14)13(7-3-4-7)11(8)9-2-1-5-15-9/h1-2,5,7-8,11H,3-4,6,12H2. The summed E-state index contributed by atoms with van der Waals surface area (Å²) >= 11 is 1.70. The van der Waals surface area contributed by atoms with Crippen LogP contribution in [0.4, 0.5) is 0 Å². The van der Waals surface area contributed by atoms with Gasteiger partial charge in [0.25, 0.3) is 0 Å². The number of hydrogen-bond donors (Lipinski definition) is 1. The number of nitrogens with zero attached hydrogens (tertiary/aromatic N) is 1. The fourth-order valence-corrected chi connectivity index (χ4v) is 3.27. The Morgan fingerprint density at radius 3 is 2.87 bits per heavy atom. The molecule has 4 heteroatoms. The van der Waals surface area contributed by atoms with Gasteiger partial charge in [-0.05, 0) is 24.3 Å². The Bertz CT molecular complexity index is 372. The van der Waals surface area contributed by atoms with Crippen molar-refractivity contribution in [3.63, 3.8) is 0 Å². The number of hydrogen-bond acceptors (Lipinski definition) is 3. The summed E-state index contributed by atoms with van der Waals surface area (Å²) in [6.45, 7) is 0. The van der Waals surface area contributed by atoms with Crippen LogP contribution in [0.2, 0.25) is 0 Å². The Morgan fingerprint density at radius 1 is 1.47 bits per heavy atom. The highest BCUT2D eigenvalue weighted by molar-refractivity contribution is 7.10. The molecule has 3 rings (SSSR count). The second-order valence-corrected chi connectivity index (χ2v) is 5.34. The van der Waals surface area contributed by atoms with Crippen LogP contribution in [0, 0.1) is 0 Å². The van der Waals surface area contributed by atoms with Crippen molar-refractivity contribution in [2.24, 2.45) is 5.73 Å². The van der Waals surface area contributed by atoms with E-state index in [4.69, 9.17) is 5.73 Å². The van der Waals surface area contributed by atoms with Crippen molar-refractivity contribution in [1.82, 2.24) is 4.90 Å². The van der Waals surface area contributed by atoms with E-state index in [1.54, 1.807) is 11.3 Å². The summed E-state index contributed by atoms with van der Waals surface area (Å²) in [4.78, 5) is 15.1. The number of rotatable bonds is 2. The molecule has 1 aliphatic heterocycles. The van der Waals surface area contributed by atoms with Crippen molar-refractivity contribution >= 4 is 17.2 Å². The minimum absolute atomic E-state index is 0.0169. The Kier molecular flexibility index (Phi) is 2.07. The van der Waals surface area contributed by atoms with Crippen molar-refractivity contribution in [3.8, 4) is 0 Å². The molecular formula is C11H14N2OS. The fourth-order valence-electron chi connectivity index (χ4n) is 2.37. The largest absolute Gasteiger partial charge is 0.330 e. The number of nitrogens with two attached hydrogens (primary N) is 1. The molecule has 2 fully saturated rings. The van der Waals surface area contributed by atoms with Gasteiger partial charge in [-0.15, -0.1) is 11.3 Å². The molecule has 80 valence electrons. The molecule has 0 spiro atoms. The van der Waals surface area contributed by atoms with Gasteiger partial charge in [-0.2, -0.15) is 0 Å². The summed E-state index contributed by atoms with van der Waals surface area (Å²) in [5.74, 6) is 0.239.